The average Bonchev–Trinajstić information content (AvgIpc) is 3.16. The Kier molecular flexibility index (Phi) is 4.16. The molecule has 23 heavy (non-hydrogen) atoms. The van der Waals surface area contributed by atoms with Gasteiger partial charge in [0.1, 0.15) is 0 Å². The highest BCUT2D eigenvalue weighted by Crippen LogP contribution is 2.25. The van der Waals surface area contributed by atoms with Gasteiger partial charge in [-0.2, -0.15) is 0 Å². The third-order valence-corrected chi connectivity index (χ3v) is 3.48. The fourth-order valence-corrected chi connectivity index (χ4v) is 2.20. The van der Waals surface area contributed by atoms with Crippen LogP contribution in [0, 0.1) is 0 Å². The van der Waals surface area contributed by atoms with E-state index < -0.39 is 0 Å². The Labute approximate surface area is 140 Å². The number of rotatable bonds is 4. The van der Waals surface area contributed by atoms with E-state index in [4.69, 9.17) is 8.83 Å². The van der Waals surface area contributed by atoms with Gasteiger partial charge in [-0.3, -0.25) is 10.1 Å². The van der Waals surface area contributed by atoms with Crippen LogP contribution >= 0.6 is 15.9 Å². The molecular formula is C15H13BrN4O3. The highest BCUT2D eigenvalue weighted by atomic mass is 79.9. The van der Waals surface area contributed by atoms with E-state index in [1.54, 1.807) is 24.3 Å². The van der Waals surface area contributed by atoms with Crippen LogP contribution in [0.4, 0.5) is 11.7 Å². The number of anilines is 2. The lowest BCUT2D eigenvalue weighted by Gasteiger charge is -2.12. The lowest BCUT2D eigenvalue weighted by molar-refractivity contribution is 0.102. The van der Waals surface area contributed by atoms with Crippen molar-refractivity contribution in [2.75, 3.05) is 24.3 Å². The van der Waals surface area contributed by atoms with Crippen LogP contribution in [0.1, 0.15) is 10.4 Å². The summed E-state index contributed by atoms with van der Waals surface area (Å²) in [7, 11) is 3.81. The third-order valence-electron chi connectivity index (χ3n) is 3.05. The lowest BCUT2D eigenvalue weighted by atomic mass is 10.2. The Hall–Kier alpha value is -2.61. The number of nitrogens with zero attached hydrogens (tertiary/aromatic N) is 3. The molecule has 1 N–H and O–H groups in total. The summed E-state index contributed by atoms with van der Waals surface area (Å²) in [6.07, 6.45) is 0. The molecular weight excluding hydrogens is 364 g/mol. The van der Waals surface area contributed by atoms with Gasteiger partial charge in [0.15, 0.2) is 10.4 Å². The van der Waals surface area contributed by atoms with E-state index in [2.05, 4.69) is 31.4 Å². The fraction of sp³-hybridized carbons (Fsp3) is 0.133. The number of aromatic nitrogens is 2. The van der Waals surface area contributed by atoms with E-state index in [-0.39, 0.29) is 17.8 Å². The lowest BCUT2D eigenvalue weighted by Crippen LogP contribution is -2.14. The molecule has 0 atom stereocenters. The van der Waals surface area contributed by atoms with E-state index >= 15 is 0 Å². The van der Waals surface area contributed by atoms with Crippen LogP contribution in [0.2, 0.25) is 0 Å². The molecule has 118 valence electrons. The van der Waals surface area contributed by atoms with Crippen LogP contribution < -0.4 is 10.2 Å². The Morgan fingerprint density at radius 1 is 1.17 bits per heavy atom. The highest BCUT2D eigenvalue weighted by Gasteiger charge is 2.15. The largest absolute Gasteiger partial charge is 0.444 e. The fourth-order valence-electron chi connectivity index (χ4n) is 1.90. The summed E-state index contributed by atoms with van der Waals surface area (Å²) in [5.41, 5.74) is 1.42. The van der Waals surface area contributed by atoms with Crippen molar-refractivity contribution in [1.82, 2.24) is 10.2 Å². The van der Waals surface area contributed by atoms with Gasteiger partial charge in [0.05, 0.1) is 0 Å². The van der Waals surface area contributed by atoms with Gasteiger partial charge in [-0.15, -0.1) is 5.10 Å². The van der Waals surface area contributed by atoms with Gasteiger partial charge in [0.2, 0.25) is 0 Å². The topological polar surface area (TPSA) is 84.4 Å². The monoisotopic (exact) mass is 376 g/mol. The maximum Gasteiger partial charge on any atom is 0.322 e. The molecule has 3 rings (SSSR count). The van der Waals surface area contributed by atoms with Crippen LogP contribution in [0.15, 0.2) is 49.9 Å². The number of nitrogens with one attached hydrogen (secondary N) is 1. The van der Waals surface area contributed by atoms with Crippen molar-refractivity contribution in [3.8, 4) is 11.7 Å². The number of benzene rings is 1. The van der Waals surface area contributed by atoms with Crippen molar-refractivity contribution in [3.05, 3.63) is 46.6 Å². The number of amides is 1. The van der Waals surface area contributed by atoms with E-state index in [0.29, 0.717) is 16.0 Å². The van der Waals surface area contributed by atoms with Gasteiger partial charge in [-0.25, -0.2) is 0 Å². The van der Waals surface area contributed by atoms with Crippen LogP contribution in [-0.2, 0) is 0 Å². The summed E-state index contributed by atoms with van der Waals surface area (Å²) in [5.74, 6) is 0.275. The molecule has 8 heteroatoms. The molecule has 0 aliphatic carbocycles. The maximum atomic E-state index is 12.3. The Morgan fingerprint density at radius 3 is 2.70 bits per heavy atom. The minimum atomic E-state index is -0.329. The summed E-state index contributed by atoms with van der Waals surface area (Å²) in [6, 6.07) is 10.6. The smallest absolute Gasteiger partial charge is 0.322 e. The van der Waals surface area contributed by atoms with Gasteiger partial charge in [-0.1, -0.05) is 11.2 Å². The second-order valence-electron chi connectivity index (χ2n) is 4.92. The average molecular weight is 377 g/mol. The van der Waals surface area contributed by atoms with Gasteiger partial charge in [0, 0.05) is 25.3 Å². The molecule has 1 amide bonds. The summed E-state index contributed by atoms with van der Waals surface area (Å²) in [6.45, 7) is 0. The van der Waals surface area contributed by atoms with E-state index in [1.807, 2.05) is 31.1 Å². The Morgan fingerprint density at radius 2 is 2.00 bits per heavy atom. The SMILES string of the molecule is CN(C)c1cccc(C(=O)Nc2nnc(-c3ccc(Br)o3)o2)c1. The molecule has 0 spiro atoms. The number of furan rings is 1. The maximum absolute atomic E-state index is 12.3. The van der Waals surface area contributed by atoms with Gasteiger partial charge in [-0.05, 0) is 46.3 Å². The first-order valence-electron chi connectivity index (χ1n) is 6.71. The molecule has 2 aromatic heterocycles. The number of hydrogen-bond donors (Lipinski definition) is 1. The van der Waals surface area contributed by atoms with Crippen LogP contribution in [0.25, 0.3) is 11.7 Å². The molecule has 0 unspecified atom stereocenters. The van der Waals surface area contributed by atoms with Crippen LogP contribution in [0.3, 0.4) is 0 Å². The van der Waals surface area contributed by atoms with Crippen molar-refractivity contribution in [2.24, 2.45) is 0 Å². The zero-order valence-corrected chi connectivity index (χ0v) is 14.0. The number of carbonyl (C=O) groups is 1. The Balaban J connectivity index is 1.76. The Bertz CT molecular complexity index is 841. The second kappa shape index (κ2) is 6.25. The van der Waals surface area contributed by atoms with Crippen molar-refractivity contribution in [2.45, 2.75) is 0 Å². The molecule has 7 nitrogen and oxygen atoms in total. The molecule has 1 aromatic carbocycles. The van der Waals surface area contributed by atoms with Crippen molar-refractivity contribution < 1.29 is 13.6 Å². The van der Waals surface area contributed by atoms with Crippen molar-refractivity contribution in [1.29, 1.82) is 0 Å². The van der Waals surface area contributed by atoms with E-state index in [0.717, 1.165) is 5.69 Å². The molecule has 2 heterocycles. The normalized spacial score (nSPS) is 10.6. The van der Waals surface area contributed by atoms with Crippen LogP contribution in [0.5, 0.6) is 0 Å². The van der Waals surface area contributed by atoms with E-state index in [9.17, 15) is 4.79 Å². The van der Waals surface area contributed by atoms with Gasteiger partial charge < -0.3 is 13.7 Å². The second-order valence-corrected chi connectivity index (χ2v) is 5.70. The number of hydrogen-bond acceptors (Lipinski definition) is 6. The zero-order valence-electron chi connectivity index (χ0n) is 12.4. The summed E-state index contributed by atoms with van der Waals surface area (Å²) in [5, 5.41) is 10.2. The molecule has 0 aliphatic rings. The molecule has 0 bridgehead atoms. The van der Waals surface area contributed by atoms with E-state index in [1.165, 1.54) is 0 Å². The molecule has 0 saturated heterocycles. The first-order valence-corrected chi connectivity index (χ1v) is 7.50. The van der Waals surface area contributed by atoms with Gasteiger partial charge >= 0.3 is 6.01 Å². The minimum Gasteiger partial charge on any atom is -0.444 e. The number of halogens is 1. The zero-order chi connectivity index (χ0) is 16.4. The predicted molar refractivity (Wildman–Crippen MR) is 88.4 cm³/mol. The highest BCUT2D eigenvalue weighted by molar-refractivity contribution is 9.10. The molecule has 0 saturated carbocycles. The number of carbonyl (C=O) groups excluding carboxylic acids is 1. The summed E-state index contributed by atoms with van der Waals surface area (Å²) in [4.78, 5) is 14.2. The summed E-state index contributed by atoms with van der Waals surface area (Å²) < 4.78 is 11.2. The quantitative estimate of drug-likeness (QED) is 0.750. The molecule has 0 aliphatic heterocycles. The summed E-state index contributed by atoms with van der Waals surface area (Å²) >= 11 is 3.20. The third kappa shape index (κ3) is 3.42. The van der Waals surface area contributed by atoms with Crippen molar-refractivity contribution in [3.63, 3.8) is 0 Å². The predicted octanol–water partition coefficient (Wildman–Crippen LogP) is 3.41. The van der Waals surface area contributed by atoms with Gasteiger partial charge in [0.25, 0.3) is 11.8 Å². The van der Waals surface area contributed by atoms with Crippen LogP contribution in [-0.4, -0.2) is 30.2 Å². The standard InChI is InChI=1S/C15H13BrN4O3/c1-20(2)10-5-3-4-9(8-10)13(21)17-15-19-18-14(23-15)11-6-7-12(16)22-11/h3-8H,1-2H3,(H,17,19,21). The molecule has 3 aromatic rings. The van der Waals surface area contributed by atoms with Crippen molar-refractivity contribution >= 4 is 33.5 Å². The minimum absolute atomic E-state index is 0.00720. The first kappa shape index (κ1) is 15.3. The molecule has 0 radical (unpaired) electrons. The first-order chi connectivity index (χ1) is 11.0. The molecule has 0 fully saturated rings.